The molecule has 1 aliphatic carbocycles. The van der Waals surface area contributed by atoms with E-state index in [2.05, 4.69) is 11.0 Å². The van der Waals surface area contributed by atoms with Crippen LogP contribution in [-0.2, 0) is 9.53 Å². The van der Waals surface area contributed by atoms with Crippen molar-refractivity contribution in [3.8, 4) is 6.07 Å². The molecule has 0 saturated heterocycles. The van der Waals surface area contributed by atoms with Crippen LogP contribution in [0.5, 0.6) is 0 Å². The molecule has 0 heterocycles. The summed E-state index contributed by atoms with van der Waals surface area (Å²) in [5, 5.41) is 8.47. The van der Waals surface area contributed by atoms with Crippen LogP contribution in [0.2, 0.25) is 0 Å². The molecular formula is C10H16N2O2. The molecule has 0 aromatic carbocycles. The number of carbonyl (C=O) groups is 1. The van der Waals surface area contributed by atoms with Crippen LogP contribution in [0.3, 0.4) is 0 Å². The Bertz CT molecular complexity index is 231. The van der Waals surface area contributed by atoms with E-state index in [0.29, 0.717) is 25.6 Å². The van der Waals surface area contributed by atoms with E-state index in [9.17, 15) is 4.79 Å². The van der Waals surface area contributed by atoms with Crippen LogP contribution in [0.4, 0.5) is 0 Å². The molecule has 0 aromatic heterocycles. The standard InChI is InChI=1S/C10H16N2O2/c1-14-8-10(13)7-12(6-2-5-11)9-3-4-9/h9H,2-4,6-8H2,1H3. The van der Waals surface area contributed by atoms with Gasteiger partial charge in [0.2, 0.25) is 0 Å². The highest BCUT2D eigenvalue weighted by atomic mass is 16.5. The maximum Gasteiger partial charge on any atom is 0.172 e. The van der Waals surface area contributed by atoms with E-state index < -0.39 is 0 Å². The van der Waals surface area contributed by atoms with Crippen LogP contribution in [-0.4, -0.2) is 43.5 Å². The fraction of sp³-hybridized carbons (Fsp3) is 0.800. The number of carbonyl (C=O) groups excluding carboxylic acids is 1. The Kier molecular flexibility index (Phi) is 4.57. The van der Waals surface area contributed by atoms with Gasteiger partial charge in [-0.25, -0.2) is 0 Å². The van der Waals surface area contributed by atoms with Gasteiger partial charge in [-0.3, -0.25) is 9.69 Å². The maximum atomic E-state index is 11.3. The number of hydrogen-bond donors (Lipinski definition) is 0. The molecule has 1 saturated carbocycles. The summed E-state index contributed by atoms with van der Waals surface area (Å²) in [6.07, 6.45) is 2.81. The Hall–Kier alpha value is -0.920. The minimum absolute atomic E-state index is 0.0948. The number of nitrogens with zero attached hydrogens (tertiary/aromatic N) is 2. The molecule has 0 unspecified atom stereocenters. The SMILES string of the molecule is COCC(=O)CN(CCC#N)C1CC1. The molecular weight excluding hydrogens is 180 g/mol. The molecule has 78 valence electrons. The van der Waals surface area contributed by atoms with Gasteiger partial charge in [0.25, 0.3) is 0 Å². The maximum absolute atomic E-state index is 11.3. The van der Waals surface area contributed by atoms with Crippen molar-refractivity contribution in [3.05, 3.63) is 0 Å². The second kappa shape index (κ2) is 5.74. The minimum atomic E-state index is 0.0948. The summed E-state index contributed by atoms with van der Waals surface area (Å²) in [6.45, 7) is 1.31. The van der Waals surface area contributed by atoms with E-state index in [1.165, 1.54) is 7.11 Å². The summed E-state index contributed by atoms with van der Waals surface area (Å²) in [5.74, 6) is 0.0948. The molecule has 1 rings (SSSR count). The Morgan fingerprint density at radius 2 is 2.36 bits per heavy atom. The van der Waals surface area contributed by atoms with Crippen molar-refractivity contribution in [1.29, 1.82) is 5.26 Å². The van der Waals surface area contributed by atoms with Crippen LogP contribution in [0.25, 0.3) is 0 Å². The van der Waals surface area contributed by atoms with Crippen molar-refractivity contribution >= 4 is 5.78 Å². The Labute approximate surface area is 84.4 Å². The van der Waals surface area contributed by atoms with Gasteiger partial charge >= 0.3 is 0 Å². The van der Waals surface area contributed by atoms with Gasteiger partial charge in [-0.15, -0.1) is 0 Å². The fourth-order valence-electron chi connectivity index (χ4n) is 1.46. The molecule has 0 atom stereocenters. The molecule has 1 fully saturated rings. The molecule has 0 radical (unpaired) electrons. The largest absolute Gasteiger partial charge is 0.377 e. The number of rotatable bonds is 7. The summed E-state index contributed by atoms with van der Waals surface area (Å²) in [7, 11) is 1.52. The van der Waals surface area contributed by atoms with Crippen molar-refractivity contribution in [2.75, 3.05) is 26.8 Å². The van der Waals surface area contributed by atoms with Crippen LogP contribution >= 0.6 is 0 Å². The first-order chi connectivity index (χ1) is 6.77. The van der Waals surface area contributed by atoms with Gasteiger partial charge in [0, 0.05) is 26.1 Å². The summed E-state index contributed by atoms with van der Waals surface area (Å²) in [4.78, 5) is 13.4. The molecule has 4 heteroatoms. The van der Waals surface area contributed by atoms with E-state index in [1.807, 2.05) is 0 Å². The highest BCUT2D eigenvalue weighted by Gasteiger charge is 2.29. The predicted octanol–water partition coefficient (Wildman–Crippen LogP) is 0.580. The molecule has 14 heavy (non-hydrogen) atoms. The van der Waals surface area contributed by atoms with Gasteiger partial charge in [0.15, 0.2) is 5.78 Å². The lowest BCUT2D eigenvalue weighted by Gasteiger charge is -2.19. The monoisotopic (exact) mass is 196 g/mol. The molecule has 0 amide bonds. The van der Waals surface area contributed by atoms with E-state index >= 15 is 0 Å². The molecule has 0 aromatic rings. The average molecular weight is 196 g/mol. The lowest BCUT2D eigenvalue weighted by molar-refractivity contribution is -0.123. The summed E-state index contributed by atoms with van der Waals surface area (Å²) in [6, 6.07) is 2.63. The van der Waals surface area contributed by atoms with Gasteiger partial charge in [0.1, 0.15) is 6.61 Å². The zero-order chi connectivity index (χ0) is 10.4. The molecule has 1 aliphatic rings. The van der Waals surface area contributed by atoms with Crippen LogP contribution in [0.1, 0.15) is 19.3 Å². The second-order valence-electron chi connectivity index (χ2n) is 3.58. The first kappa shape index (κ1) is 11.2. The van der Waals surface area contributed by atoms with Gasteiger partial charge < -0.3 is 4.74 Å². The van der Waals surface area contributed by atoms with E-state index in [1.54, 1.807) is 0 Å². The van der Waals surface area contributed by atoms with Crippen LogP contribution < -0.4 is 0 Å². The molecule has 0 spiro atoms. The Morgan fingerprint density at radius 1 is 1.64 bits per heavy atom. The van der Waals surface area contributed by atoms with E-state index in [0.717, 1.165) is 12.8 Å². The first-order valence-electron chi connectivity index (χ1n) is 4.89. The number of hydrogen-bond acceptors (Lipinski definition) is 4. The smallest absolute Gasteiger partial charge is 0.172 e. The van der Waals surface area contributed by atoms with Gasteiger partial charge in [-0.1, -0.05) is 0 Å². The Balaban J connectivity index is 2.28. The summed E-state index contributed by atoms with van der Waals surface area (Å²) >= 11 is 0. The predicted molar refractivity (Wildman–Crippen MR) is 51.7 cm³/mol. The summed E-state index contributed by atoms with van der Waals surface area (Å²) in [5.41, 5.74) is 0. The highest BCUT2D eigenvalue weighted by molar-refractivity contribution is 5.81. The molecule has 0 N–H and O–H groups in total. The average Bonchev–Trinajstić information content (AvgIpc) is 2.95. The van der Waals surface area contributed by atoms with Gasteiger partial charge in [-0.2, -0.15) is 5.26 Å². The number of nitriles is 1. The molecule has 0 aliphatic heterocycles. The van der Waals surface area contributed by atoms with Crippen LogP contribution in [0.15, 0.2) is 0 Å². The summed E-state index contributed by atoms with van der Waals surface area (Å²) < 4.78 is 4.77. The zero-order valence-corrected chi connectivity index (χ0v) is 8.53. The lowest BCUT2D eigenvalue weighted by Crippen LogP contribution is -2.34. The Morgan fingerprint density at radius 3 is 2.86 bits per heavy atom. The highest BCUT2D eigenvalue weighted by Crippen LogP contribution is 2.26. The number of ether oxygens (including phenoxy) is 1. The minimum Gasteiger partial charge on any atom is -0.377 e. The third-order valence-electron chi connectivity index (χ3n) is 2.26. The third kappa shape index (κ3) is 3.86. The van der Waals surface area contributed by atoms with E-state index in [-0.39, 0.29) is 12.4 Å². The van der Waals surface area contributed by atoms with E-state index in [4.69, 9.17) is 10.00 Å². The first-order valence-corrected chi connectivity index (χ1v) is 4.89. The van der Waals surface area contributed by atoms with Gasteiger partial charge in [-0.05, 0) is 12.8 Å². The van der Waals surface area contributed by atoms with Crippen molar-refractivity contribution in [3.63, 3.8) is 0 Å². The van der Waals surface area contributed by atoms with Crippen LogP contribution in [0, 0.1) is 11.3 Å². The van der Waals surface area contributed by atoms with Crippen molar-refractivity contribution in [1.82, 2.24) is 4.90 Å². The topological polar surface area (TPSA) is 53.3 Å². The normalized spacial score (nSPS) is 15.5. The second-order valence-corrected chi connectivity index (χ2v) is 3.58. The van der Waals surface area contributed by atoms with Crippen molar-refractivity contribution < 1.29 is 9.53 Å². The zero-order valence-electron chi connectivity index (χ0n) is 8.53. The lowest BCUT2D eigenvalue weighted by atomic mass is 10.3. The van der Waals surface area contributed by atoms with Crippen molar-refractivity contribution in [2.45, 2.75) is 25.3 Å². The number of ketones is 1. The van der Waals surface area contributed by atoms with Gasteiger partial charge in [0.05, 0.1) is 12.6 Å². The number of Topliss-reactive ketones (excluding diaryl/α,β-unsaturated/α-hetero) is 1. The quantitative estimate of drug-likeness (QED) is 0.597. The fourth-order valence-corrected chi connectivity index (χ4v) is 1.46. The molecule has 4 nitrogen and oxygen atoms in total. The molecule has 0 bridgehead atoms. The third-order valence-corrected chi connectivity index (χ3v) is 2.26. The number of methoxy groups -OCH3 is 1. The van der Waals surface area contributed by atoms with Crippen molar-refractivity contribution in [2.24, 2.45) is 0 Å².